The topological polar surface area (TPSA) is 12.0 Å². The second-order valence-corrected chi connectivity index (χ2v) is 5.64. The molecule has 1 aromatic heterocycles. The summed E-state index contributed by atoms with van der Waals surface area (Å²) >= 11 is 1.88. The van der Waals surface area contributed by atoms with Crippen molar-refractivity contribution in [2.45, 2.75) is 51.6 Å². The van der Waals surface area contributed by atoms with Gasteiger partial charge in [0, 0.05) is 17.0 Å². The van der Waals surface area contributed by atoms with Crippen LogP contribution >= 0.6 is 11.3 Å². The summed E-state index contributed by atoms with van der Waals surface area (Å²) in [6, 6.07) is 5.74. The molecule has 2 rings (SSSR count). The van der Waals surface area contributed by atoms with Gasteiger partial charge in [0.05, 0.1) is 0 Å². The third kappa shape index (κ3) is 2.61. The minimum absolute atomic E-state index is 0.579. The van der Waals surface area contributed by atoms with Crippen LogP contribution < -0.4 is 5.32 Å². The average Bonchev–Trinajstić information content (AvgIpc) is 2.86. The van der Waals surface area contributed by atoms with Gasteiger partial charge in [-0.15, -0.1) is 11.3 Å². The van der Waals surface area contributed by atoms with Crippen LogP contribution in [0, 0.1) is 5.92 Å². The summed E-state index contributed by atoms with van der Waals surface area (Å²) in [5, 5.41) is 6.01. The van der Waals surface area contributed by atoms with Gasteiger partial charge >= 0.3 is 0 Å². The maximum Gasteiger partial charge on any atom is 0.0414 e. The molecule has 1 aliphatic rings. The maximum absolute atomic E-state index is 3.83. The monoisotopic (exact) mass is 223 g/mol. The molecule has 0 aliphatic heterocycles. The first-order valence-corrected chi connectivity index (χ1v) is 6.98. The average molecular weight is 223 g/mol. The molecule has 0 radical (unpaired) electrons. The Balaban J connectivity index is 1.96. The van der Waals surface area contributed by atoms with Crippen molar-refractivity contribution < 1.29 is 0 Å². The van der Waals surface area contributed by atoms with E-state index in [2.05, 4.69) is 36.7 Å². The van der Waals surface area contributed by atoms with E-state index in [9.17, 15) is 0 Å². The van der Waals surface area contributed by atoms with Crippen LogP contribution in [0.1, 0.15) is 50.4 Å². The molecule has 0 saturated heterocycles. The molecule has 15 heavy (non-hydrogen) atoms. The smallest absolute Gasteiger partial charge is 0.0414 e. The van der Waals surface area contributed by atoms with E-state index in [-0.39, 0.29) is 0 Å². The quantitative estimate of drug-likeness (QED) is 0.814. The largest absolute Gasteiger partial charge is 0.306 e. The number of hydrogen-bond donors (Lipinski definition) is 1. The molecule has 1 aliphatic carbocycles. The Morgan fingerprint density at radius 2 is 2.40 bits per heavy atom. The fraction of sp³-hybridized carbons (Fsp3) is 0.692. The molecule has 1 heterocycles. The lowest BCUT2D eigenvalue weighted by Gasteiger charge is -2.24. The first-order valence-electron chi connectivity index (χ1n) is 6.10. The Morgan fingerprint density at radius 1 is 1.53 bits per heavy atom. The Labute approximate surface area is 96.9 Å². The number of thiophene rings is 1. The summed E-state index contributed by atoms with van der Waals surface area (Å²) in [5.74, 6) is 0.860. The predicted octanol–water partition coefficient (Wildman–Crippen LogP) is 3.98. The molecule has 1 N–H and O–H groups in total. The highest BCUT2D eigenvalue weighted by molar-refractivity contribution is 7.10. The summed E-state index contributed by atoms with van der Waals surface area (Å²) in [7, 11) is 0. The van der Waals surface area contributed by atoms with Gasteiger partial charge in [-0.05, 0) is 36.6 Å². The zero-order valence-corrected chi connectivity index (χ0v) is 10.5. The highest BCUT2D eigenvalue weighted by Gasteiger charge is 2.25. The standard InChI is InChI=1S/C13H21NS/c1-3-11(13-8-5-9-15-13)14-12-7-4-6-10(12)2/h5,8-12,14H,3-4,6-7H2,1-2H3. The molecule has 0 aromatic carbocycles. The second kappa shape index (κ2) is 5.13. The summed E-state index contributed by atoms with van der Waals surface area (Å²) in [5.41, 5.74) is 0. The molecule has 1 saturated carbocycles. The van der Waals surface area contributed by atoms with Crippen molar-refractivity contribution in [2.24, 2.45) is 5.92 Å². The van der Waals surface area contributed by atoms with E-state index < -0.39 is 0 Å². The second-order valence-electron chi connectivity index (χ2n) is 4.66. The molecule has 0 amide bonds. The molecular formula is C13H21NS. The van der Waals surface area contributed by atoms with Gasteiger partial charge in [-0.2, -0.15) is 0 Å². The van der Waals surface area contributed by atoms with Gasteiger partial charge in [-0.25, -0.2) is 0 Å². The zero-order valence-electron chi connectivity index (χ0n) is 9.70. The minimum atomic E-state index is 0.579. The number of hydrogen-bond acceptors (Lipinski definition) is 2. The van der Waals surface area contributed by atoms with Crippen LogP contribution in [-0.2, 0) is 0 Å². The highest BCUT2D eigenvalue weighted by Crippen LogP contribution is 2.29. The first kappa shape index (κ1) is 11.2. The van der Waals surface area contributed by atoms with Crippen LogP contribution in [0.25, 0.3) is 0 Å². The zero-order chi connectivity index (χ0) is 10.7. The van der Waals surface area contributed by atoms with E-state index in [0.717, 1.165) is 12.0 Å². The van der Waals surface area contributed by atoms with Crippen LogP contribution in [0.15, 0.2) is 17.5 Å². The maximum atomic E-state index is 3.83. The molecule has 2 heteroatoms. The van der Waals surface area contributed by atoms with Crippen LogP contribution in [0.5, 0.6) is 0 Å². The van der Waals surface area contributed by atoms with Crippen LogP contribution in [0.3, 0.4) is 0 Å². The summed E-state index contributed by atoms with van der Waals surface area (Å²) < 4.78 is 0. The molecule has 0 spiro atoms. The van der Waals surface area contributed by atoms with Crippen LogP contribution in [0.2, 0.25) is 0 Å². The van der Waals surface area contributed by atoms with E-state index in [1.807, 2.05) is 11.3 Å². The van der Waals surface area contributed by atoms with Gasteiger partial charge in [0.25, 0.3) is 0 Å². The van der Waals surface area contributed by atoms with Crippen molar-refractivity contribution in [2.75, 3.05) is 0 Å². The van der Waals surface area contributed by atoms with Crippen molar-refractivity contribution in [3.8, 4) is 0 Å². The minimum Gasteiger partial charge on any atom is -0.306 e. The highest BCUT2D eigenvalue weighted by atomic mass is 32.1. The Morgan fingerprint density at radius 3 is 2.93 bits per heavy atom. The summed E-state index contributed by atoms with van der Waals surface area (Å²) in [6.45, 7) is 4.66. The van der Waals surface area contributed by atoms with Gasteiger partial charge in [0.2, 0.25) is 0 Å². The van der Waals surface area contributed by atoms with Crippen molar-refractivity contribution in [1.82, 2.24) is 5.32 Å². The first-order chi connectivity index (χ1) is 7.31. The van der Waals surface area contributed by atoms with Crippen molar-refractivity contribution in [3.05, 3.63) is 22.4 Å². The fourth-order valence-corrected chi connectivity index (χ4v) is 3.41. The third-order valence-corrected chi connectivity index (χ3v) is 4.56. The van der Waals surface area contributed by atoms with Gasteiger partial charge in [0.1, 0.15) is 0 Å². The lowest BCUT2D eigenvalue weighted by atomic mass is 10.0. The Hall–Kier alpha value is -0.340. The van der Waals surface area contributed by atoms with Gasteiger partial charge in [-0.1, -0.05) is 26.3 Å². The van der Waals surface area contributed by atoms with E-state index in [1.165, 1.54) is 30.6 Å². The number of nitrogens with one attached hydrogen (secondary N) is 1. The van der Waals surface area contributed by atoms with Crippen LogP contribution in [0.4, 0.5) is 0 Å². The third-order valence-electron chi connectivity index (χ3n) is 3.57. The number of rotatable bonds is 4. The molecule has 3 unspecified atom stereocenters. The Kier molecular flexibility index (Phi) is 3.81. The molecule has 1 nitrogen and oxygen atoms in total. The molecule has 0 bridgehead atoms. The van der Waals surface area contributed by atoms with Gasteiger partial charge in [-0.3, -0.25) is 0 Å². The molecule has 1 aromatic rings. The SMILES string of the molecule is CCC(NC1CCCC1C)c1cccs1. The molecule has 84 valence electrons. The van der Waals surface area contributed by atoms with Gasteiger partial charge in [0.15, 0.2) is 0 Å². The van der Waals surface area contributed by atoms with E-state index >= 15 is 0 Å². The summed E-state index contributed by atoms with van der Waals surface area (Å²) in [4.78, 5) is 1.50. The Bertz CT molecular complexity index is 281. The van der Waals surface area contributed by atoms with Crippen molar-refractivity contribution >= 4 is 11.3 Å². The lowest BCUT2D eigenvalue weighted by Crippen LogP contribution is -2.34. The van der Waals surface area contributed by atoms with Crippen LogP contribution in [-0.4, -0.2) is 6.04 Å². The molecular weight excluding hydrogens is 202 g/mol. The van der Waals surface area contributed by atoms with Crippen molar-refractivity contribution in [1.29, 1.82) is 0 Å². The van der Waals surface area contributed by atoms with E-state index in [4.69, 9.17) is 0 Å². The lowest BCUT2D eigenvalue weighted by molar-refractivity contribution is 0.372. The van der Waals surface area contributed by atoms with E-state index in [1.54, 1.807) is 0 Å². The molecule has 1 fully saturated rings. The normalized spacial score (nSPS) is 28.1. The van der Waals surface area contributed by atoms with Crippen molar-refractivity contribution in [3.63, 3.8) is 0 Å². The van der Waals surface area contributed by atoms with E-state index in [0.29, 0.717) is 6.04 Å². The predicted molar refractivity (Wildman–Crippen MR) is 67.3 cm³/mol. The molecule has 3 atom stereocenters. The van der Waals surface area contributed by atoms with Gasteiger partial charge < -0.3 is 5.32 Å². The summed E-state index contributed by atoms with van der Waals surface area (Å²) in [6.07, 6.45) is 5.37. The fourth-order valence-electron chi connectivity index (χ4n) is 2.54.